The molecule has 0 bridgehead atoms. The van der Waals surface area contributed by atoms with Gasteiger partial charge in [0.15, 0.2) is 23.1 Å². The zero-order valence-corrected chi connectivity index (χ0v) is 9.74. The minimum absolute atomic E-state index is 0.210. The van der Waals surface area contributed by atoms with Gasteiger partial charge in [-0.1, -0.05) is 6.07 Å². The highest BCUT2D eigenvalue weighted by atomic mass is 19.1. The van der Waals surface area contributed by atoms with Gasteiger partial charge < -0.3 is 14.6 Å². The zero-order valence-electron chi connectivity index (χ0n) is 9.74. The number of aryl methyl sites for hydroxylation is 1. The van der Waals surface area contributed by atoms with E-state index in [1.165, 1.54) is 12.1 Å². The van der Waals surface area contributed by atoms with Gasteiger partial charge in [0.05, 0.1) is 0 Å². The summed E-state index contributed by atoms with van der Waals surface area (Å²) in [6.07, 6.45) is 0. The lowest BCUT2D eigenvalue weighted by molar-refractivity contribution is 0.174. The maximum absolute atomic E-state index is 13.4. The smallest absolute Gasteiger partial charge is 0.231 e. The van der Waals surface area contributed by atoms with Crippen LogP contribution >= 0.6 is 0 Å². The monoisotopic (exact) mass is 246 g/mol. The van der Waals surface area contributed by atoms with Gasteiger partial charge in [-0.05, 0) is 47.9 Å². The number of hydrogen-bond donors (Lipinski definition) is 1. The van der Waals surface area contributed by atoms with Crippen LogP contribution in [0.25, 0.3) is 11.1 Å². The van der Waals surface area contributed by atoms with Crippen LogP contribution in [-0.4, -0.2) is 11.9 Å². The van der Waals surface area contributed by atoms with Crippen molar-refractivity contribution in [1.82, 2.24) is 0 Å². The van der Waals surface area contributed by atoms with Crippen molar-refractivity contribution in [3.05, 3.63) is 41.7 Å². The van der Waals surface area contributed by atoms with Crippen molar-refractivity contribution in [2.45, 2.75) is 6.92 Å². The fourth-order valence-corrected chi connectivity index (χ4v) is 2.04. The number of hydrogen-bond acceptors (Lipinski definition) is 3. The predicted molar refractivity (Wildman–Crippen MR) is 64.4 cm³/mol. The Hall–Kier alpha value is -2.23. The molecule has 0 fully saturated rings. The average molecular weight is 246 g/mol. The van der Waals surface area contributed by atoms with Crippen LogP contribution in [0, 0.1) is 12.7 Å². The third-order valence-electron chi connectivity index (χ3n) is 2.98. The molecular weight excluding hydrogens is 235 g/mol. The summed E-state index contributed by atoms with van der Waals surface area (Å²) in [7, 11) is 0. The van der Waals surface area contributed by atoms with E-state index in [1.807, 2.05) is 13.0 Å². The quantitative estimate of drug-likeness (QED) is 0.839. The summed E-state index contributed by atoms with van der Waals surface area (Å²) in [6.45, 7) is 2.03. The molecule has 2 aromatic rings. The Morgan fingerprint density at radius 1 is 1.11 bits per heavy atom. The largest absolute Gasteiger partial charge is 0.505 e. The molecule has 0 unspecified atom stereocenters. The summed E-state index contributed by atoms with van der Waals surface area (Å²) in [5.74, 6) is 0.376. The Morgan fingerprint density at radius 2 is 1.89 bits per heavy atom. The lowest BCUT2D eigenvalue weighted by Crippen LogP contribution is -1.92. The molecule has 0 atom stereocenters. The van der Waals surface area contributed by atoms with Crippen molar-refractivity contribution < 1.29 is 19.0 Å². The Kier molecular flexibility index (Phi) is 2.37. The van der Waals surface area contributed by atoms with Gasteiger partial charge in [0, 0.05) is 0 Å². The van der Waals surface area contributed by atoms with Crippen molar-refractivity contribution in [2.24, 2.45) is 0 Å². The molecule has 3 rings (SSSR count). The molecule has 0 spiro atoms. The van der Waals surface area contributed by atoms with Crippen LogP contribution in [0.15, 0.2) is 30.3 Å². The molecule has 0 aromatic heterocycles. The van der Waals surface area contributed by atoms with E-state index in [0.29, 0.717) is 11.5 Å². The van der Waals surface area contributed by atoms with Gasteiger partial charge in [0.1, 0.15) is 0 Å². The van der Waals surface area contributed by atoms with Crippen molar-refractivity contribution in [2.75, 3.05) is 6.79 Å². The van der Waals surface area contributed by atoms with Crippen molar-refractivity contribution in [1.29, 1.82) is 0 Å². The van der Waals surface area contributed by atoms with Crippen LogP contribution in [0.1, 0.15) is 5.56 Å². The van der Waals surface area contributed by atoms with Gasteiger partial charge >= 0.3 is 0 Å². The number of halogens is 1. The molecule has 1 aliphatic heterocycles. The van der Waals surface area contributed by atoms with Gasteiger partial charge in [-0.2, -0.15) is 0 Å². The van der Waals surface area contributed by atoms with E-state index in [2.05, 4.69) is 0 Å². The number of fused-ring (bicyclic) bond motifs is 1. The minimum Gasteiger partial charge on any atom is -0.505 e. The van der Waals surface area contributed by atoms with E-state index in [1.54, 1.807) is 12.1 Å². The average Bonchev–Trinajstić information content (AvgIpc) is 2.80. The van der Waals surface area contributed by atoms with Gasteiger partial charge in [-0.15, -0.1) is 0 Å². The first-order chi connectivity index (χ1) is 8.65. The molecule has 0 radical (unpaired) electrons. The lowest BCUT2D eigenvalue weighted by atomic mass is 9.99. The van der Waals surface area contributed by atoms with E-state index in [0.717, 1.165) is 16.7 Å². The third kappa shape index (κ3) is 1.66. The second kappa shape index (κ2) is 3.91. The van der Waals surface area contributed by atoms with Crippen LogP contribution in [0.3, 0.4) is 0 Å². The maximum atomic E-state index is 13.4. The first kappa shape index (κ1) is 10.9. The topological polar surface area (TPSA) is 38.7 Å². The normalized spacial score (nSPS) is 12.8. The fourth-order valence-electron chi connectivity index (χ4n) is 2.04. The number of benzene rings is 2. The molecule has 18 heavy (non-hydrogen) atoms. The molecule has 0 aliphatic carbocycles. The Labute approximate surface area is 103 Å². The number of rotatable bonds is 1. The Bertz CT molecular complexity index is 623. The number of aromatic hydroxyl groups is 1. The Balaban J connectivity index is 2.12. The molecular formula is C14H11FO3. The second-order valence-electron chi connectivity index (χ2n) is 4.19. The summed E-state index contributed by atoms with van der Waals surface area (Å²) in [6, 6.07) is 8.17. The Morgan fingerprint density at radius 3 is 2.72 bits per heavy atom. The number of phenolic OH excluding ortho intramolecular Hbond substituents is 1. The zero-order chi connectivity index (χ0) is 12.7. The van der Waals surface area contributed by atoms with E-state index in [4.69, 9.17) is 9.47 Å². The summed E-state index contributed by atoms with van der Waals surface area (Å²) in [4.78, 5) is 0. The standard InChI is InChI=1S/C14H11FO3/c1-8-4-12(16)11(15)6-10(8)9-2-3-13-14(5-9)18-7-17-13/h2-6,16H,7H2,1H3. The minimum atomic E-state index is -0.631. The maximum Gasteiger partial charge on any atom is 0.231 e. The van der Waals surface area contributed by atoms with Crippen LogP contribution in [-0.2, 0) is 0 Å². The molecule has 1 heterocycles. The van der Waals surface area contributed by atoms with Gasteiger partial charge in [0.2, 0.25) is 6.79 Å². The van der Waals surface area contributed by atoms with Crippen molar-refractivity contribution in [3.8, 4) is 28.4 Å². The molecule has 0 saturated carbocycles. The molecule has 0 saturated heterocycles. The highest BCUT2D eigenvalue weighted by Crippen LogP contribution is 2.37. The number of ether oxygens (including phenoxy) is 2. The van der Waals surface area contributed by atoms with E-state index >= 15 is 0 Å². The van der Waals surface area contributed by atoms with Gasteiger partial charge in [-0.25, -0.2) is 4.39 Å². The molecule has 2 aromatic carbocycles. The molecule has 92 valence electrons. The van der Waals surface area contributed by atoms with Crippen LogP contribution in [0.2, 0.25) is 0 Å². The second-order valence-corrected chi connectivity index (χ2v) is 4.19. The SMILES string of the molecule is Cc1cc(O)c(F)cc1-c1ccc2c(c1)OCO2. The fraction of sp³-hybridized carbons (Fsp3) is 0.143. The summed E-state index contributed by atoms with van der Waals surface area (Å²) in [5, 5.41) is 9.31. The third-order valence-corrected chi connectivity index (χ3v) is 2.98. The summed E-state index contributed by atoms with van der Waals surface area (Å²) < 4.78 is 23.9. The first-order valence-electron chi connectivity index (χ1n) is 5.54. The molecule has 4 heteroatoms. The van der Waals surface area contributed by atoms with Crippen LogP contribution in [0.4, 0.5) is 4.39 Å². The van der Waals surface area contributed by atoms with Crippen LogP contribution < -0.4 is 9.47 Å². The molecule has 1 N–H and O–H groups in total. The van der Waals surface area contributed by atoms with Crippen LogP contribution in [0.5, 0.6) is 17.2 Å². The summed E-state index contributed by atoms with van der Waals surface area (Å²) in [5.41, 5.74) is 2.35. The lowest BCUT2D eigenvalue weighted by Gasteiger charge is -2.08. The predicted octanol–water partition coefficient (Wildman–Crippen LogP) is 3.24. The van der Waals surface area contributed by atoms with E-state index < -0.39 is 5.82 Å². The molecule has 3 nitrogen and oxygen atoms in total. The molecule has 1 aliphatic rings. The van der Waals surface area contributed by atoms with Crippen molar-refractivity contribution >= 4 is 0 Å². The summed E-state index contributed by atoms with van der Waals surface area (Å²) >= 11 is 0. The van der Waals surface area contributed by atoms with E-state index in [9.17, 15) is 9.50 Å². The van der Waals surface area contributed by atoms with Gasteiger partial charge in [0.25, 0.3) is 0 Å². The molecule has 0 amide bonds. The highest BCUT2D eigenvalue weighted by Gasteiger charge is 2.15. The highest BCUT2D eigenvalue weighted by molar-refractivity contribution is 5.71. The van der Waals surface area contributed by atoms with Crippen molar-refractivity contribution in [3.63, 3.8) is 0 Å². The van der Waals surface area contributed by atoms with Gasteiger partial charge in [-0.3, -0.25) is 0 Å². The number of phenols is 1. The first-order valence-corrected chi connectivity index (χ1v) is 5.54. The van der Waals surface area contributed by atoms with E-state index in [-0.39, 0.29) is 12.5 Å².